The number of hydrogen-bond acceptors (Lipinski definition) is 3. The first kappa shape index (κ1) is 12.0. The molecule has 3 rings (SSSR count). The van der Waals surface area contributed by atoms with E-state index in [1.165, 1.54) is 19.3 Å². The number of nitrogens with zero attached hydrogens (tertiary/aromatic N) is 2. The van der Waals surface area contributed by atoms with Crippen LogP contribution in [0.25, 0.3) is 5.65 Å². The highest BCUT2D eigenvalue weighted by molar-refractivity contribution is 5.92. The first-order valence-electron chi connectivity index (χ1n) is 6.53. The largest absolute Gasteiger partial charge is 0.476 e. The molecule has 5 nitrogen and oxygen atoms in total. The molecule has 100 valence electrons. The maximum Gasteiger partial charge on any atom is 0.356 e. The van der Waals surface area contributed by atoms with E-state index < -0.39 is 5.97 Å². The normalized spacial score (nSPS) is 17.1. The van der Waals surface area contributed by atoms with Crippen LogP contribution >= 0.6 is 0 Å². The van der Waals surface area contributed by atoms with Crippen LogP contribution in [0.15, 0.2) is 24.4 Å². The van der Waals surface area contributed by atoms with Crippen LogP contribution in [0.2, 0.25) is 0 Å². The van der Waals surface area contributed by atoms with Gasteiger partial charge in [0.25, 0.3) is 0 Å². The topological polar surface area (TPSA) is 66.6 Å². The van der Waals surface area contributed by atoms with Gasteiger partial charge >= 0.3 is 5.97 Å². The van der Waals surface area contributed by atoms with E-state index in [1.807, 2.05) is 12.1 Å². The van der Waals surface area contributed by atoms with Crippen LogP contribution in [0, 0.1) is 5.41 Å². The Balaban J connectivity index is 1.93. The first-order valence-corrected chi connectivity index (χ1v) is 6.53. The van der Waals surface area contributed by atoms with Crippen molar-refractivity contribution < 1.29 is 9.90 Å². The molecule has 1 saturated carbocycles. The lowest BCUT2D eigenvalue weighted by molar-refractivity contribution is 0.0690. The number of imidazole rings is 1. The van der Waals surface area contributed by atoms with E-state index in [1.54, 1.807) is 16.7 Å². The molecule has 0 saturated heterocycles. The minimum atomic E-state index is -0.958. The van der Waals surface area contributed by atoms with E-state index in [4.69, 9.17) is 0 Å². The molecule has 0 amide bonds. The molecule has 1 aliphatic carbocycles. The number of pyridine rings is 1. The number of rotatable bonds is 4. The summed E-state index contributed by atoms with van der Waals surface area (Å²) in [7, 11) is 0. The van der Waals surface area contributed by atoms with E-state index >= 15 is 0 Å². The predicted molar refractivity (Wildman–Crippen MR) is 72.6 cm³/mol. The Morgan fingerprint density at radius 3 is 2.95 bits per heavy atom. The number of aromatic nitrogens is 2. The predicted octanol–water partition coefficient (Wildman–Crippen LogP) is 2.63. The SMILES string of the molecule is CC1(CNc2nc3ccccn3c2C(=O)O)CCC1. The number of carboxylic acids is 1. The number of carboxylic acid groups (broad SMARTS) is 1. The molecule has 1 aliphatic rings. The van der Waals surface area contributed by atoms with Crippen molar-refractivity contribution in [3.05, 3.63) is 30.1 Å². The van der Waals surface area contributed by atoms with Crippen molar-refractivity contribution in [3.8, 4) is 0 Å². The van der Waals surface area contributed by atoms with Crippen molar-refractivity contribution in [1.82, 2.24) is 9.38 Å². The fraction of sp³-hybridized carbons (Fsp3) is 0.429. The van der Waals surface area contributed by atoms with E-state index in [9.17, 15) is 9.90 Å². The first-order chi connectivity index (χ1) is 9.09. The molecule has 0 aliphatic heterocycles. The summed E-state index contributed by atoms with van der Waals surface area (Å²) >= 11 is 0. The Morgan fingerprint density at radius 2 is 2.32 bits per heavy atom. The number of aromatic carboxylic acids is 1. The number of carbonyl (C=O) groups is 1. The molecule has 0 radical (unpaired) electrons. The van der Waals surface area contributed by atoms with Crippen LogP contribution in [-0.4, -0.2) is 27.0 Å². The molecule has 19 heavy (non-hydrogen) atoms. The van der Waals surface area contributed by atoms with Gasteiger partial charge in [0.2, 0.25) is 0 Å². The standard InChI is InChI=1S/C14H17N3O2/c1-14(6-4-7-14)9-15-12-11(13(18)19)17-8-3-2-5-10(17)16-12/h2-3,5,8,15H,4,6-7,9H2,1H3,(H,18,19). The van der Waals surface area contributed by atoms with Gasteiger partial charge in [-0.05, 0) is 30.4 Å². The Morgan fingerprint density at radius 1 is 1.53 bits per heavy atom. The molecule has 0 aromatic carbocycles. The maximum absolute atomic E-state index is 11.4. The molecular formula is C14H17N3O2. The zero-order chi connectivity index (χ0) is 13.5. The molecule has 0 unspecified atom stereocenters. The van der Waals surface area contributed by atoms with Crippen LogP contribution < -0.4 is 5.32 Å². The average Bonchev–Trinajstić information content (AvgIpc) is 2.72. The van der Waals surface area contributed by atoms with Crippen LogP contribution in [0.4, 0.5) is 5.82 Å². The van der Waals surface area contributed by atoms with E-state index in [0.717, 1.165) is 6.54 Å². The third kappa shape index (κ3) is 2.05. The lowest BCUT2D eigenvalue weighted by Crippen LogP contribution is -2.33. The Kier molecular flexibility index (Phi) is 2.69. The summed E-state index contributed by atoms with van der Waals surface area (Å²) in [6.45, 7) is 3.00. The third-order valence-electron chi connectivity index (χ3n) is 3.98. The number of fused-ring (bicyclic) bond motifs is 1. The van der Waals surface area contributed by atoms with Gasteiger partial charge in [0, 0.05) is 12.7 Å². The van der Waals surface area contributed by atoms with Gasteiger partial charge < -0.3 is 10.4 Å². The Labute approximate surface area is 111 Å². The van der Waals surface area contributed by atoms with Crippen molar-refractivity contribution in [3.63, 3.8) is 0 Å². The lowest BCUT2D eigenvalue weighted by atomic mass is 9.70. The van der Waals surface area contributed by atoms with Gasteiger partial charge in [-0.3, -0.25) is 4.40 Å². The highest BCUT2D eigenvalue weighted by atomic mass is 16.4. The second kappa shape index (κ2) is 4.26. The average molecular weight is 259 g/mol. The van der Waals surface area contributed by atoms with Crippen LogP contribution in [0.5, 0.6) is 0 Å². The zero-order valence-corrected chi connectivity index (χ0v) is 10.9. The highest BCUT2D eigenvalue weighted by Gasteiger charge is 2.32. The van der Waals surface area contributed by atoms with Gasteiger partial charge in [0.15, 0.2) is 11.5 Å². The molecule has 0 spiro atoms. The Bertz CT molecular complexity index is 629. The minimum absolute atomic E-state index is 0.207. The summed E-state index contributed by atoms with van der Waals surface area (Å²) in [4.78, 5) is 15.8. The third-order valence-corrected chi connectivity index (χ3v) is 3.98. The molecule has 2 N–H and O–H groups in total. The lowest BCUT2D eigenvalue weighted by Gasteiger charge is -2.38. The molecule has 2 heterocycles. The van der Waals surface area contributed by atoms with Gasteiger partial charge in [0.05, 0.1) is 0 Å². The molecule has 0 atom stereocenters. The monoisotopic (exact) mass is 259 g/mol. The van der Waals surface area contributed by atoms with E-state index in [2.05, 4.69) is 17.2 Å². The summed E-state index contributed by atoms with van der Waals surface area (Å²) in [6.07, 6.45) is 5.36. The quantitative estimate of drug-likeness (QED) is 0.885. The molecular weight excluding hydrogens is 242 g/mol. The smallest absolute Gasteiger partial charge is 0.356 e. The van der Waals surface area contributed by atoms with Crippen molar-refractivity contribution >= 4 is 17.4 Å². The van der Waals surface area contributed by atoms with Crippen molar-refractivity contribution in [2.45, 2.75) is 26.2 Å². The molecule has 2 aromatic heterocycles. The number of anilines is 1. The van der Waals surface area contributed by atoms with Gasteiger partial charge in [-0.1, -0.05) is 19.4 Å². The summed E-state index contributed by atoms with van der Waals surface area (Å²) in [5.41, 5.74) is 1.14. The number of nitrogens with one attached hydrogen (secondary N) is 1. The maximum atomic E-state index is 11.4. The Hall–Kier alpha value is -2.04. The van der Waals surface area contributed by atoms with Crippen LogP contribution in [0.3, 0.4) is 0 Å². The number of hydrogen-bond donors (Lipinski definition) is 2. The van der Waals surface area contributed by atoms with Crippen LogP contribution in [-0.2, 0) is 0 Å². The molecule has 1 fully saturated rings. The van der Waals surface area contributed by atoms with Gasteiger partial charge in [0.1, 0.15) is 5.65 Å². The molecule has 0 bridgehead atoms. The highest BCUT2D eigenvalue weighted by Crippen LogP contribution is 2.40. The zero-order valence-electron chi connectivity index (χ0n) is 10.9. The molecule has 2 aromatic rings. The van der Waals surface area contributed by atoms with E-state index in [0.29, 0.717) is 11.5 Å². The summed E-state index contributed by atoms with van der Waals surface area (Å²) in [5, 5.41) is 12.6. The van der Waals surface area contributed by atoms with Gasteiger partial charge in [-0.15, -0.1) is 0 Å². The van der Waals surface area contributed by atoms with Crippen molar-refractivity contribution in [2.75, 3.05) is 11.9 Å². The fourth-order valence-electron chi connectivity index (χ4n) is 2.58. The van der Waals surface area contributed by atoms with Gasteiger partial charge in [-0.2, -0.15) is 0 Å². The summed E-state index contributed by atoms with van der Waals surface area (Å²) < 4.78 is 1.60. The minimum Gasteiger partial charge on any atom is -0.476 e. The molecule has 5 heteroatoms. The summed E-state index contributed by atoms with van der Waals surface area (Å²) in [5.74, 6) is -0.494. The second-order valence-electron chi connectivity index (χ2n) is 5.56. The van der Waals surface area contributed by atoms with E-state index in [-0.39, 0.29) is 11.1 Å². The van der Waals surface area contributed by atoms with Gasteiger partial charge in [-0.25, -0.2) is 9.78 Å². The van der Waals surface area contributed by atoms with Crippen molar-refractivity contribution in [2.24, 2.45) is 5.41 Å². The van der Waals surface area contributed by atoms with Crippen molar-refractivity contribution in [1.29, 1.82) is 0 Å². The fourth-order valence-corrected chi connectivity index (χ4v) is 2.58. The second-order valence-corrected chi connectivity index (χ2v) is 5.56. The van der Waals surface area contributed by atoms with Crippen LogP contribution in [0.1, 0.15) is 36.7 Å². The summed E-state index contributed by atoms with van der Waals surface area (Å²) in [6, 6.07) is 5.46.